The molecule has 20 heavy (non-hydrogen) atoms. The number of hydrogen-bond donors (Lipinski definition) is 1. The summed E-state index contributed by atoms with van der Waals surface area (Å²) in [6.07, 6.45) is 0. The number of aromatic nitrogens is 2. The van der Waals surface area contributed by atoms with Crippen molar-refractivity contribution in [3.05, 3.63) is 35.3 Å². The van der Waals surface area contributed by atoms with E-state index in [4.69, 9.17) is 4.74 Å². The highest BCUT2D eigenvalue weighted by atomic mass is 32.1. The van der Waals surface area contributed by atoms with E-state index in [1.54, 1.807) is 11.9 Å². The predicted octanol–water partition coefficient (Wildman–Crippen LogP) is 2.39. The second-order valence-corrected chi connectivity index (χ2v) is 5.32. The fraction of sp³-hybridized carbons (Fsp3) is 0.308. The lowest BCUT2D eigenvalue weighted by Gasteiger charge is -2.17. The van der Waals surface area contributed by atoms with E-state index < -0.39 is 0 Å². The number of hydrogen-bond acceptors (Lipinski definition) is 5. The van der Waals surface area contributed by atoms with Gasteiger partial charge in [-0.25, -0.2) is 4.79 Å². The number of anilines is 1. The van der Waals surface area contributed by atoms with Gasteiger partial charge in [0.25, 0.3) is 0 Å². The van der Waals surface area contributed by atoms with Gasteiger partial charge >= 0.3 is 6.03 Å². The number of carbonyl (C=O) groups is 1. The molecule has 0 aliphatic rings. The molecule has 1 N–H and O–H groups in total. The van der Waals surface area contributed by atoms with Crippen molar-refractivity contribution in [1.82, 2.24) is 15.1 Å². The number of ether oxygens (including phenoxy) is 1. The van der Waals surface area contributed by atoms with Crippen molar-refractivity contribution in [2.45, 2.75) is 6.92 Å². The summed E-state index contributed by atoms with van der Waals surface area (Å²) in [6, 6.07) is 9.27. The lowest BCUT2D eigenvalue weighted by Crippen LogP contribution is -2.34. The maximum absolute atomic E-state index is 11.9. The molecule has 0 fully saturated rings. The molecule has 0 saturated carbocycles. The molecular weight excluding hydrogens is 276 g/mol. The van der Waals surface area contributed by atoms with Crippen LogP contribution in [0.2, 0.25) is 0 Å². The summed E-state index contributed by atoms with van der Waals surface area (Å²) in [5, 5.41) is 11.7. The Bertz CT molecular complexity index is 559. The molecule has 1 aromatic carbocycles. The summed E-state index contributed by atoms with van der Waals surface area (Å²) in [4.78, 5) is 13.4. The highest BCUT2D eigenvalue weighted by Gasteiger charge is 2.11. The summed E-state index contributed by atoms with van der Waals surface area (Å²) in [5.74, 6) is 0.793. The minimum absolute atomic E-state index is 0.224. The number of urea groups is 1. The lowest BCUT2D eigenvalue weighted by atomic mass is 10.3. The molecule has 0 aliphatic carbocycles. The number of carbonyl (C=O) groups excluding carboxylic acids is 1. The van der Waals surface area contributed by atoms with Crippen LogP contribution in [0.3, 0.4) is 0 Å². The van der Waals surface area contributed by atoms with Crippen LogP contribution in [0.1, 0.15) is 5.01 Å². The number of rotatable bonds is 5. The van der Waals surface area contributed by atoms with Crippen LogP contribution in [0, 0.1) is 6.92 Å². The Hall–Kier alpha value is -2.15. The lowest BCUT2D eigenvalue weighted by molar-refractivity contribution is 0.207. The third-order valence-electron chi connectivity index (χ3n) is 2.53. The molecular formula is C13H16N4O2S. The maximum Gasteiger partial charge on any atom is 0.323 e. The summed E-state index contributed by atoms with van der Waals surface area (Å²) in [6.45, 7) is 2.76. The smallest absolute Gasteiger partial charge is 0.323 e. The molecule has 0 aliphatic heterocycles. The Balaban J connectivity index is 1.74. The molecule has 1 aromatic heterocycles. The molecule has 0 saturated heterocycles. The Kier molecular flexibility index (Phi) is 4.89. The van der Waals surface area contributed by atoms with Gasteiger partial charge in [-0.15, -0.1) is 10.2 Å². The molecule has 0 bridgehead atoms. The van der Waals surface area contributed by atoms with Crippen molar-refractivity contribution in [3.63, 3.8) is 0 Å². The molecule has 2 aromatic rings. The largest absolute Gasteiger partial charge is 0.492 e. The van der Waals surface area contributed by atoms with Crippen LogP contribution in [-0.4, -0.2) is 41.3 Å². The number of nitrogens with one attached hydrogen (secondary N) is 1. The van der Waals surface area contributed by atoms with E-state index in [-0.39, 0.29) is 6.03 Å². The van der Waals surface area contributed by atoms with Crippen LogP contribution in [-0.2, 0) is 0 Å². The first kappa shape index (κ1) is 14.3. The molecule has 0 spiro atoms. The highest BCUT2D eigenvalue weighted by Crippen LogP contribution is 2.14. The molecule has 2 rings (SSSR count). The standard InChI is InChI=1S/C13H16N4O2S/c1-10-15-16-12(20-10)14-13(18)17(2)8-9-19-11-6-4-3-5-7-11/h3-7H,8-9H2,1-2H3,(H,14,16,18). The van der Waals surface area contributed by atoms with Crippen molar-refractivity contribution >= 4 is 22.5 Å². The van der Waals surface area contributed by atoms with Crippen LogP contribution in [0.15, 0.2) is 30.3 Å². The normalized spacial score (nSPS) is 10.1. The SMILES string of the molecule is Cc1nnc(NC(=O)N(C)CCOc2ccccc2)s1. The average molecular weight is 292 g/mol. The minimum atomic E-state index is -0.224. The molecule has 7 heteroatoms. The van der Waals surface area contributed by atoms with Gasteiger partial charge in [0.05, 0.1) is 6.54 Å². The van der Waals surface area contributed by atoms with Crippen molar-refractivity contribution in [2.75, 3.05) is 25.5 Å². The van der Waals surface area contributed by atoms with E-state index >= 15 is 0 Å². The van der Waals surface area contributed by atoms with Crippen molar-refractivity contribution in [2.24, 2.45) is 0 Å². The fourth-order valence-corrected chi connectivity index (χ4v) is 2.03. The zero-order chi connectivity index (χ0) is 14.4. The molecule has 1 heterocycles. The number of para-hydroxylation sites is 1. The van der Waals surface area contributed by atoms with E-state index in [0.717, 1.165) is 10.8 Å². The second kappa shape index (κ2) is 6.85. The number of aryl methyl sites for hydroxylation is 1. The summed E-state index contributed by atoms with van der Waals surface area (Å²) in [7, 11) is 1.71. The zero-order valence-corrected chi connectivity index (χ0v) is 12.2. The fourth-order valence-electron chi connectivity index (χ4n) is 1.45. The number of amides is 2. The third kappa shape index (κ3) is 4.20. The van der Waals surface area contributed by atoms with Gasteiger partial charge in [-0.1, -0.05) is 29.5 Å². The van der Waals surface area contributed by atoms with Crippen molar-refractivity contribution in [1.29, 1.82) is 0 Å². The van der Waals surface area contributed by atoms with Gasteiger partial charge < -0.3 is 9.64 Å². The molecule has 6 nitrogen and oxygen atoms in total. The first-order chi connectivity index (χ1) is 9.65. The van der Waals surface area contributed by atoms with Crippen LogP contribution in [0.4, 0.5) is 9.93 Å². The van der Waals surface area contributed by atoms with E-state index in [2.05, 4.69) is 15.5 Å². The van der Waals surface area contributed by atoms with Gasteiger partial charge in [0.1, 0.15) is 17.4 Å². The quantitative estimate of drug-likeness (QED) is 0.919. The van der Waals surface area contributed by atoms with Gasteiger partial charge in [0.15, 0.2) is 0 Å². The first-order valence-corrected chi connectivity index (χ1v) is 6.97. The van der Waals surface area contributed by atoms with Gasteiger partial charge in [-0.2, -0.15) is 0 Å². The predicted molar refractivity (Wildman–Crippen MR) is 78.2 cm³/mol. The number of likely N-dealkylation sites (N-methyl/N-ethyl adjacent to an activating group) is 1. The minimum Gasteiger partial charge on any atom is -0.492 e. The van der Waals surface area contributed by atoms with E-state index in [1.165, 1.54) is 11.3 Å². The molecule has 0 atom stereocenters. The topological polar surface area (TPSA) is 67.4 Å². The van der Waals surface area contributed by atoms with Crippen molar-refractivity contribution < 1.29 is 9.53 Å². The molecule has 0 unspecified atom stereocenters. The average Bonchev–Trinajstić information content (AvgIpc) is 2.85. The third-order valence-corrected chi connectivity index (χ3v) is 3.28. The molecule has 0 radical (unpaired) electrons. The summed E-state index contributed by atoms with van der Waals surface area (Å²) in [5.41, 5.74) is 0. The van der Waals surface area contributed by atoms with Crippen LogP contribution in [0.25, 0.3) is 0 Å². The van der Waals surface area contributed by atoms with Gasteiger partial charge in [-0.3, -0.25) is 5.32 Å². The summed E-state index contributed by atoms with van der Waals surface area (Å²) >= 11 is 1.34. The molecule has 2 amide bonds. The number of benzene rings is 1. The van der Waals surface area contributed by atoms with E-state index in [0.29, 0.717) is 18.3 Å². The number of nitrogens with zero attached hydrogens (tertiary/aromatic N) is 3. The molecule has 106 valence electrons. The van der Waals surface area contributed by atoms with Gasteiger partial charge in [-0.05, 0) is 19.1 Å². The monoisotopic (exact) mass is 292 g/mol. The zero-order valence-electron chi connectivity index (χ0n) is 11.4. The Morgan fingerprint density at radius 1 is 1.35 bits per heavy atom. The van der Waals surface area contributed by atoms with Crippen LogP contribution < -0.4 is 10.1 Å². The maximum atomic E-state index is 11.9. The highest BCUT2D eigenvalue weighted by molar-refractivity contribution is 7.15. The van der Waals surface area contributed by atoms with E-state index in [1.807, 2.05) is 37.3 Å². The Labute approximate surface area is 121 Å². The Morgan fingerprint density at radius 2 is 2.10 bits per heavy atom. The van der Waals surface area contributed by atoms with Crippen LogP contribution >= 0.6 is 11.3 Å². The van der Waals surface area contributed by atoms with Crippen molar-refractivity contribution in [3.8, 4) is 5.75 Å². The van der Waals surface area contributed by atoms with E-state index in [9.17, 15) is 4.79 Å². The second-order valence-electron chi connectivity index (χ2n) is 4.14. The Morgan fingerprint density at radius 3 is 2.75 bits per heavy atom. The van der Waals surface area contributed by atoms with Crippen LogP contribution in [0.5, 0.6) is 5.75 Å². The summed E-state index contributed by atoms with van der Waals surface area (Å²) < 4.78 is 5.53. The van der Waals surface area contributed by atoms with Gasteiger partial charge in [0.2, 0.25) is 5.13 Å². The first-order valence-electron chi connectivity index (χ1n) is 6.15. The van der Waals surface area contributed by atoms with Gasteiger partial charge in [0, 0.05) is 7.05 Å².